The molecule has 1 aliphatic rings. The molecule has 0 radical (unpaired) electrons. The third-order valence-electron chi connectivity index (χ3n) is 8.18. The van der Waals surface area contributed by atoms with Crippen molar-refractivity contribution in [1.82, 2.24) is 0 Å². The lowest BCUT2D eigenvalue weighted by Gasteiger charge is -2.34. The average Bonchev–Trinajstić information content (AvgIpc) is 3.01. The lowest BCUT2D eigenvalue weighted by molar-refractivity contribution is 0.867. The van der Waals surface area contributed by atoms with Crippen LogP contribution in [-0.4, -0.2) is 0 Å². The largest absolute Gasteiger partial charge is 0.319 e. The van der Waals surface area contributed by atoms with Gasteiger partial charge in [-0.15, -0.1) is 0 Å². The van der Waals surface area contributed by atoms with Gasteiger partial charge in [-0.1, -0.05) is 104 Å². The van der Waals surface area contributed by atoms with Gasteiger partial charge >= 0.3 is 0 Å². The van der Waals surface area contributed by atoms with Gasteiger partial charge in [0.15, 0.2) is 0 Å². The van der Waals surface area contributed by atoms with Crippen LogP contribution in [0.15, 0.2) is 111 Å². The number of nitrogens with zero attached hydrogens (tertiary/aromatic N) is 3. The van der Waals surface area contributed by atoms with Crippen LogP contribution in [0.3, 0.4) is 0 Å². The molecule has 4 aromatic rings. The van der Waals surface area contributed by atoms with Gasteiger partial charge in [0, 0.05) is 22.7 Å². The molecule has 48 heavy (non-hydrogen) atoms. The molecule has 5 rings (SSSR count). The molecule has 4 aromatic carbocycles. The Hall–Kier alpha value is -2.65. The summed E-state index contributed by atoms with van der Waals surface area (Å²) in [7, 11) is -6.23. The van der Waals surface area contributed by atoms with Crippen molar-refractivity contribution in [1.29, 1.82) is 0 Å². The van der Waals surface area contributed by atoms with E-state index in [0.717, 1.165) is 22.7 Å². The fraction of sp³-hybridized carbons (Fsp3) is 0.333. The molecule has 0 aliphatic carbocycles. The Labute approximate surface area is 297 Å². The average molecular weight is 743 g/mol. The standard InChI is InChI=1S/C36H48Cl2N7P3/c1-25(2)29-9-17-33(18-10-29)39-47(40-34-19-11-30(12-20-34)26(3)4)43-46(37,38)44-48(45-47,41-35-21-13-31(14-22-35)27(5)6)42-36-23-15-32(16-24-36)28(7)8/h9-28,39-42H,1-8H3. The molecule has 0 amide bonds. The summed E-state index contributed by atoms with van der Waals surface area (Å²) in [6, 6.07) is 33.6. The molecular formula is C36H48Cl2N7P3. The number of hydrogen-bond donors (Lipinski definition) is 4. The number of benzene rings is 4. The minimum Gasteiger partial charge on any atom is -0.319 e. The fourth-order valence-corrected chi connectivity index (χ4v) is 17.8. The first-order valence-corrected chi connectivity index (χ1v) is 23.4. The van der Waals surface area contributed by atoms with Gasteiger partial charge in [0.25, 0.3) is 20.9 Å². The van der Waals surface area contributed by atoms with Crippen molar-refractivity contribution in [3.63, 3.8) is 0 Å². The van der Waals surface area contributed by atoms with Crippen molar-refractivity contribution in [2.75, 3.05) is 20.3 Å². The van der Waals surface area contributed by atoms with Crippen LogP contribution in [0, 0.1) is 0 Å². The van der Waals surface area contributed by atoms with Gasteiger partial charge in [0.1, 0.15) is 0 Å². The number of halogens is 2. The summed E-state index contributed by atoms with van der Waals surface area (Å²) in [5, 5.41) is 14.8. The van der Waals surface area contributed by atoms with E-state index >= 15 is 0 Å². The lowest BCUT2D eigenvalue weighted by Crippen LogP contribution is -2.11. The van der Waals surface area contributed by atoms with E-state index in [9.17, 15) is 0 Å². The summed E-state index contributed by atoms with van der Waals surface area (Å²) < 4.78 is 15.7. The van der Waals surface area contributed by atoms with Crippen LogP contribution in [-0.2, 0) is 0 Å². The van der Waals surface area contributed by atoms with Gasteiger partial charge in [-0.2, -0.15) is 13.5 Å². The SMILES string of the molecule is CC(C)c1ccc(NP2(Nc3ccc(C(C)C)cc3)=NP(Cl)(Cl)=NP(Nc3ccc(C(C)C)cc3)(Nc3ccc(C(C)C)cc3)=N2)cc1. The molecule has 0 fully saturated rings. The van der Waals surface area contributed by atoms with Gasteiger partial charge in [-0.25, -0.2) is 0 Å². The third kappa shape index (κ3) is 9.32. The zero-order valence-corrected chi connectivity index (χ0v) is 33.2. The van der Waals surface area contributed by atoms with Crippen molar-refractivity contribution in [2.45, 2.75) is 79.1 Å². The van der Waals surface area contributed by atoms with Gasteiger partial charge in [0.2, 0.25) is 0 Å². The van der Waals surface area contributed by atoms with Gasteiger partial charge < -0.3 is 20.3 Å². The Bertz CT molecular complexity index is 1640. The lowest BCUT2D eigenvalue weighted by atomic mass is 10.0. The highest BCUT2D eigenvalue weighted by molar-refractivity contribution is 8.14. The Kier molecular flexibility index (Phi) is 11.5. The molecular weight excluding hydrogens is 694 g/mol. The Morgan fingerprint density at radius 1 is 0.375 bits per heavy atom. The number of rotatable bonds is 12. The van der Waals surface area contributed by atoms with E-state index in [1.807, 2.05) is 0 Å². The zero-order valence-electron chi connectivity index (χ0n) is 29.0. The van der Waals surface area contributed by atoms with E-state index in [1.165, 1.54) is 22.3 Å². The van der Waals surface area contributed by atoms with Crippen molar-refractivity contribution >= 4 is 66.2 Å². The molecule has 256 valence electrons. The molecule has 0 aromatic heterocycles. The van der Waals surface area contributed by atoms with Crippen LogP contribution in [0.2, 0.25) is 0 Å². The highest BCUT2D eigenvalue weighted by Gasteiger charge is 2.37. The van der Waals surface area contributed by atoms with Crippen LogP contribution in [0.1, 0.15) is 101 Å². The first kappa shape index (κ1) is 36.6. The second-order valence-electron chi connectivity index (χ2n) is 13.5. The molecule has 1 aliphatic heterocycles. The first-order chi connectivity index (χ1) is 22.7. The quantitative estimate of drug-likeness (QED) is 0.109. The Morgan fingerprint density at radius 2 is 0.604 bits per heavy atom. The van der Waals surface area contributed by atoms with Crippen molar-refractivity contribution in [3.05, 3.63) is 119 Å². The topological polar surface area (TPSA) is 85.2 Å². The van der Waals surface area contributed by atoms with Crippen LogP contribution < -0.4 is 20.3 Å². The Balaban J connectivity index is 1.70. The summed E-state index contributed by atoms with van der Waals surface area (Å²) in [4.78, 5) is 0. The monoisotopic (exact) mass is 741 g/mol. The summed E-state index contributed by atoms with van der Waals surface area (Å²) in [5.74, 6) is -1.65. The van der Waals surface area contributed by atoms with E-state index in [-0.39, 0.29) is 0 Å². The maximum Gasteiger partial charge on any atom is 0.267 e. The van der Waals surface area contributed by atoms with Crippen molar-refractivity contribution in [3.8, 4) is 0 Å². The number of hydrogen-bond acceptors (Lipinski definition) is 7. The molecule has 0 spiro atoms. The minimum absolute atomic E-state index is 0.406. The predicted octanol–water partition coefficient (Wildman–Crippen LogP) is 15.3. The van der Waals surface area contributed by atoms with Crippen molar-refractivity contribution < 1.29 is 0 Å². The molecule has 0 bridgehead atoms. The second-order valence-corrected chi connectivity index (χ2v) is 23.2. The van der Waals surface area contributed by atoms with E-state index < -0.39 is 20.9 Å². The molecule has 7 nitrogen and oxygen atoms in total. The van der Waals surface area contributed by atoms with Gasteiger partial charge in [0.05, 0.1) is 0 Å². The highest BCUT2D eigenvalue weighted by atomic mass is 35.9. The maximum atomic E-state index is 7.15. The molecule has 0 unspecified atom stereocenters. The second kappa shape index (κ2) is 15.1. The maximum absolute atomic E-state index is 7.15. The summed E-state index contributed by atoms with van der Waals surface area (Å²) >= 11 is 14.3. The summed E-state index contributed by atoms with van der Waals surface area (Å²) in [5.41, 5.74) is 8.43. The van der Waals surface area contributed by atoms with E-state index in [2.05, 4.69) is 173 Å². The molecule has 0 saturated heterocycles. The molecule has 0 atom stereocenters. The first-order valence-electron chi connectivity index (χ1n) is 16.5. The van der Waals surface area contributed by atoms with Crippen LogP contribution in [0.25, 0.3) is 0 Å². The smallest absolute Gasteiger partial charge is 0.267 e. The minimum atomic E-state index is -3.28. The number of anilines is 4. The number of nitrogens with one attached hydrogen (secondary N) is 4. The van der Waals surface area contributed by atoms with E-state index in [0.29, 0.717) is 23.7 Å². The van der Waals surface area contributed by atoms with E-state index in [1.54, 1.807) is 0 Å². The van der Waals surface area contributed by atoms with E-state index in [4.69, 9.17) is 36.0 Å². The van der Waals surface area contributed by atoms with Crippen LogP contribution in [0.4, 0.5) is 22.7 Å². The fourth-order valence-electron chi connectivity index (χ4n) is 5.28. The third-order valence-corrected chi connectivity index (χ3v) is 18.8. The molecule has 12 heteroatoms. The predicted molar refractivity (Wildman–Crippen MR) is 216 cm³/mol. The summed E-state index contributed by atoms with van der Waals surface area (Å²) in [6.07, 6.45) is 0. The van der Waals surface area contributed by atoms with Gasteiger partial charge in [-0.3, -0.25) is 0 Å². The van der Waals surface area contributed by atoms with Gasteiger partial charge in [-0.05, 0) is 117 Å². The highest BCUT2D eigenvalue weighted by Crippen LogP contribution is 2.81. The molecule has 0 saturated carbocycles. The molecule has 1 heterocycles. The zero-order chi connectivity index (χ0) is 34.7. The van der Waals surface area contributed by atoms with Crippen LogP contribution in [0.5, 0.6) is 0 Å². The summed E-state index contributed by atoms with van der Waals surface area (Å²) in [6.45, 7) is 17.5. The van der Waals surface area contributed by atoms with Crippen LogP contribution >= 0.6 is 43.4 Å². The normalized spacial score (nSPS) is 16.2. The van der Waals surface area contributed by atoms with Crippen molar-refractivity contribution in [2.24, 2.45) is 13.5 Å². The molecule has 4 N–H and O–H groups in total. The Morgan fingerprint density at radius 3 is 0.833 bits per heavy atom.